The number of halogens is 1. The largest absolute Gasteiger partial charge is 0.439 e. The van der Waals surface area contributed by atoms with Gasteiger partial charge < -0.3 is 14.2 Å². The van der Waals surface area contributed by atoms with Crippen LogP contribution in [0.15, 0.2) is 56.4 Å². The topological polar surface area (TPSA) is 110 Å². The maximum atomic E-state index is 11.3. The number of ether oxygens (including phenoxy) is 1. The Balaban J connectivity index is 1.06. The first-order valence-electron chi connectivity index (χ1n) is 12.8. The van der Waals surface area contributed by atoms with E-state index in [-0.39, 0.29) is 6.10 Å². The highest BCUT2D eigenvalue weighted by atomic mass is 35.5. The number of H-pyrrole nitrogens is 1. The molecule has 1 aliphatic carbocycles. The van der Waals surface area contributed by atoms with Crippen LogP contribution in [0.3, 0.4) is 0 Å². The van der Waals surface area contributed by atoms with Crippen LogP contribution in [0.25, 0.3) is 22.6 Å². The summed E-state index contributed by atoms with van der Waals surface area (Å²) in [6, 6.07) is 12.4. The van der Waals surface area contributed by atoms with Gasteiger partial charge in [-0.15, -0.1) is 0 Å². The minimum atomic E-state index is -0.575. The van der Waals surface area contributed by atoms with Crippen LogP contribution in [-0.4, -0.2) is 38.5 Å². The molecule has 7 rings (SSSR count). The zero-order chi connectivity index (χ0) is 24.9. The molecule has 1 saturated carbocycles. The van der Waals surface area contributed by atoms with Gasteiger partial charge in [-0.1, -0.05) is 40.1 Å². The summed E-state index contributed by atoms with van der Waals surface area (Å²) in [6.07, 6.45) is 8.29. The SMILES string of the molecule is O=c1[nH]c(-c2ccc(N3C4CCC3CC(OCc3c(-c5ccccc5Cl)noc3C3CC3)C4)nc2)no1. The van der Waals surface area contributed by atoms with Crippen molar-refractivity contribution < 1.29 is 13.8 Å². The second kappa shape index (κ2) is 9.15. The third-order valence-electron chi connectivity index (χ3n) is 7.78. The maximum absolute atomic E-state index is 11.3. The Bertz CT molecular complexity index is 1460. The number of pyridine rings is 1. The Morgan fingerprint density at radius 1 is 1.03 bits per heavy atom. The molecule has 0 amide bonds. The molecule has 0 radical (unpaired) electrons. The first-order chi connectivity index (χ1) is 18.1. The summed E-state index contributed by atoms with van der Waals surface area (Å²) in [5.41, 5.74) is 3.44. The summed E-state index contributed by atoms with van der Waals surface area (Å²) in [5, 5.41) is 8.82. The first kappa shape index (κ1) is 22.7. The Labute approximate surface area is 217 Å². The molecule has 4 aromatic rings. The fourth-order valence-electron chi connectivity index (χ4n) is 5.86. The first-order valence-corrected chi connectivity index (χ1v) is 13.2. The molecule has 2 unspecified atom stereocenters. The molecule has 9 nitrogen and oxygen atoms in total. The Kier molecular flexibility index (Phi) is 5.62. The monoisotopic (exact) mass is 519 g/mol. The third kappa shape index (κ3) is 4.26. The molecule has 3 aromatic heterocycles. The van der Waals surface area contributed by atoms with Gasteiger partial charge in [0.1, 0.15) is 17.3 Å². The number of nitrogens with one attached hydrogen (secondary N) is 1. The molecule has 1 aromatic carbocycles. The van der Waals surface area contributed by atoms with Gasteiger partial charge in [0.2, 0.25) is 0 Å². The Morgan fingerprint density at radius 2 is 1.84 bits per heavy atom. The number of rotatable bonds is 7. The summed E-state index contributed by atoms with van der Waals surface area (Å²) in [5.74, 6) is 2.14. The predicted molar refractivity (Wildman–Crippen MR) is 136 cm³/mol. The van der Waals surface area contributed by atoms with Crippen molar-refractivity contribution in [3.8, 4) is 22.6 Å². The van der Waals surface area contributed by atoms with E-state index in [2.05, 4.69) is 29.7 Å². The summed E-state index contributed by atoms with van der Waals surface area (Å²) < 4.78 is 17.0. The molecule has 5 heterocycles. The quantitative estimate of drug-likeness (QED) is 0.349. The fourth-order valence-corrected chi connectivity index (χ4v) is 6.09. The number of benzene rings is 1. The highest BCUT2D eigenvalue weighted by Gasteiger charge is 2.42. The van der Waals surface area contributed by atoms with E-state index in [1.165, 1.54) is 0 Å². The number of anilines is 1. The third-order valence-corrected chi connectivity index (χ3v) is 8.10. The van der Waals surface area contributed by atoms with E-state index >= 15 is 0 Å². The Morgan fingerprint density at radius 3 is 2.51 bits per heavy atom. The van der Waals surface area contributed by atoms with E-state index in [0.29, 0.717) is 35.5 Å². The van der Waals surface area contributed by atoms with Crippen molar-refractivity contribution in [2.45, 2.75) is 69.2 Å². The van der Waals surface area contributed by atoms with Crippen molar-refractivity contribution in [1.82, 2.24) is 20.3 Å². The molecule has 0 spiro atoms. The van der Waals surface area contributed by atoms with E-state index < -0.39 is 5.76 Å². The zero-order valence-electron chi connectivity index (χ0n) is 20.1. The molecule has 190 valence electrons. The second-order valence-corrected chi connectivity index (χ2v) is 10.6. The van der Waals surface area contributed by atoms with Crippen LogP contribution in [0.5, 0.6) is 0 Å². The van der Waals surface area contributed by atoms with Crippen LogP contribution in [0.1, 0.15) is 55.8 Å². The number of nitrogens with zero attached hydrogens (tertiary/aromatic N) is 4. The lowest BCUT2D eigenvalue weighted by atomic mass is 9.99. The van der Waals surface area contributed by atoms with Crippen LogP contribution in [0, 0.1) is 0 Å². The molecule has 3 fully saturated rings. The number of piperidine rings is 1. The lowest BCUT2D eigenvalue weighted by molar-refractivity contribution is 0.0146. The predicted octanol–water partition coefficient (Wildman–Crippen LogP) is 5.33. The second-order valence-electron chi connectivity index (χ2n) is 10.2. The van der Waals surface area contributed by atoms with Crippen LogP contribution in [-0.2, 0) is 11.3 Å². The van der Waals surface area contributed by atoms with Gasteiger partial charge in [-0.3, -0.25) is 9.51 Å². The van der Waals surface area contributed by atoms with Crippen molar-refractivity contribution >= 4 is 17.4 Å². The zero-order valence-corrected chi connectivity index (χ0v) is 20.9. The van der Waals surface area contributed by atoms with Gasteiger partial charge in [0.05, 0.1) is 17.7 Å². The van der Waals surface area contributed by atoms with Crippen molar-refractivity contribution in [3.63, 3.8) is 0 Å². The van der Waals surface area contributed by atoms with Crippen LogP contribution < -0.4 is 10.7 Å². The van der Waals surface area contributed by atoms with E-state index in [0.717, 1.165) is 72.5 Å². The number of fused-ring (bicyclic) bond motifs is 2. The molecule has 2 bridgehead atoms. The van der Waals surface area contributed by atoms with Gasteiger partial charge in [-0.25, -0.2) is 9.78 Å². The number of aromatic nitrogens is 4. The van der Waals surface area contributed by atoms with Crippen molar-refractivity contribution in [2.75, 3.05) is 4.90 Å². The van der Waals surface area contributed by atoms with Gasteiger partial charge in [0.15, 0.2) is 5.82 Å². The summed E-state index contributed by atoms with van der Waals surface area (Å²) in [6.45, 7) is 0.475. The van der Waals surface area contributed by atoms with E-state index in [1.54, 1.807) is 6.20 Å². The van der Waals surface area contributed by atoms with Crippen molar-refractivity contribution in [3.05, 3.63) is 69.5 Å². The lowest BCUT2D eigenvalue weighted by Gasteiger charge is -2.39. The summed E-state index contributed by atoms with van der Waals surface area (Å²) in [7, 11) is 0. The average molecular weight is 520 g/mol. The molecule has 10 heteroatoms. The van der Waals surface area contributed by atoms with Crippen molar-refractivity contribution in [2.24, 2.45) is 0 Å². The molecule has 2 saturated heterocycles. The fraction of sp³-hybridized carbons (Fsp3) is 0.407. The molecule has 3 aliphatic rings. The van der Waals surface area contributed by atoms with Crippen molar-refractivity contribution in [1.29, 1.82) is 0 Å². The van der Waals surface area contributed by atoms with E-state index in [1.807, 2.05) is 36.4 Å². The summed E-state index contributed by atoms with van der Waals surface area (Å²) >= 11 is 6.49. The smallest absolute Gasteiger partial charge is 0.373 e. The highest BCUT2D eigenvalue weighted by Crippen LogP contribution is 2.46. The maximum Gasteiger partial charge on any atom is 0.439 e. The molecule has 1 N–H and O–H groups in total. The molecular weight excluding hydrogens is 494 g/mol. The highest BCUT2D eigenvalue weighted by molar-refractivity contribution is 6.33. The molecular formula is C27H26ClN5O4. The number of hydrogen-bond donors (Lipinski definition) is 1. The number of hydrogen-bond acceptors (Lipinski definition) is 8. The van der Waals surface area contributed by atoms with Gasteiger partial charge in [-0.2, -0.15) is 0 Å². The van der Waals surface area contributed by atoms with Gasteiger partial charge in [0, 0.05) is 40.9 Å². The molecule has 2 aliphatic heterocycles. The van der Waals surface area contributed by atoms with E-state index in [4.69, 9.17) is 20.9 Å². The summed E-state index contributed by atoms with van der Waals surface area (Å²) in [4.78, 5) is 20.9. The normalized spacial score (nSPS) is 23.1. The van der Waals surface area contributed by atoms with Crippen LogP contribution in [0.4, 0.5) is 5.82 Å². The van der Waals surface area contributed by atoms with Gasteiger partial charge in [0.25, 0.3) is 0 Å². The molecule has 2 atom stereocenters. The average Bonchev–Trinajstić information content (AvgIpc) is 3.43. The van der Waals surface area contributed by atoms with E-state index in [9.17, 15) is 4.79 Å². The van der Waals surface area contributed by atoms with Gasteiger partial charge >= 0.3 is 5.76 Å². The number of aromatic amines is 1. The lowest BCUT2D eigenvalue weighted by Crippen LogP contribution is -2.46. The minimum Gasteiger partial charge on any atom is -0.373 e. The van der Waals surface area contributed by atoms with Gasteiger partial charge in [-0.05, 0) is 56.7 Å². The standard InChI is InChI=1S/C27H26ClN5O4/c28-22-4-2-1-3-20(22)24-21(25(36-31-24)15-5-6-15)14-35-19-11-17-8-9-18(12-19)33(17)23-10-7-16(13-29-23)26-30-27(34)37-32-26/h1-4,7,10,13,15,17-19H,5-6,8-9,11-12,14H2,(H,30,32,34). The van der Waals surface area contributed by atoms with Crippen LogP contribution >= 0.6 is 11.6 Å². The molecule has 37 heavy (non-hydrogen) atoms. The van der Waals surface area contributed by atoms with Crippen LogP contribution in [0.2, 0.25) is 5.02 Å². The Hall–Kier alpha value is -3.43. The minimum absolute atomic E-state index is 0.161.